The van der Waals surface area contributed by atoms with Gasteiger partial charge in [-0.15, -0.1) is 0 Å². The SMILES string of the molecule is CCN1CCN(C(C)(C)CNC(=O)CCCC(=O)c2ccc(OC)cc2)CC1. The van der Waals surface area contributed by atoms with Crippen molar-refractivity contribution < 1.29 is 14.3 Å². The van der Waals surface area contributed by atoms with Crippen LogP contribution in [0.3, 0.4) is 0 Å². The molecule has 2 rings (SSSR count). The zero-order valence-electron chi connectivity index (χ0n) is 17.8. The predicted molar refractivity (Wildman–Crippen MR) is 112 cm³/mol. The molecule has 1 heterocycles. The lowest BCUT2D eigenvalue weighted by molar-refractivity contribution is -0.121. The summed E-state index contributed by atoms with van der Waals surface area (Å²) in [5.41, 5.74) is 0.600. The summed E-state index contributed by atoms with van der Waals surface area (Å²) < 4.78 is 5.10. The minimum absolute atomic E-state index is 0.0165. The average molecular weight is 390 g/mol. The van der Waals surface area contributed by atoms with Crippen molar-refractivity contribution in [3.8, 4) is 5.75 Å². The van der Waals surface area contributed by atoms with Crippen molar-refractivity contribution in [3.05, 3.63) is 29.8 Å². The van der Waals surface area contributed by atoms with Gasteiger partial charge in [-0.05, 0) is 51.1 Å². The molecule has 1 fully saturated rings. The minimum Gasteiger partial charge on any atom is -0.497 e. The van der Waals surface area contributed by atoms with E-state index in [4.69, 9.17) is 4.74 Å². The number of hydrogen-bond acceptors (Lipinski definition) is 5. The van der Waals surface area contributed by atoms with E-state index in [0.29, 0.717) is 31.4 Å². The first-order chi connectivity index (χ1) is 13.4. The molecule has 6 heteroatoms. The van der Waals surface area contributed by atoms with Crippen LogP contribution < -0.4 is 10.1 Å². The number of hydrogen-bond donors (Lipinski definition) is 1. The molecule has 28 heavy (non-hydrogen) atoms. The number of nitrogens with zero attached hydrogens (tertiary/aromatic N) is 2. The summed E-state index contributed by atoms with van der Waals surface area (Å²) in [6.45, 7) is 12.5. The molecule has 6 nitrogen and oxygen atoms in total. The number of rotatable bonds is 10. The van der Waals surface area contributed by atoms with Crippen LogP contribution in [-0.4, -0.2) is 73.4 Å². The van der Waals surface area contributed by atoms with Crippen molar-refractivity contribution >= 4 is 11.7 Å². The summed E-state index contributed by atoms with van der Waals surface area (Å²) in [4.78, 5) is 29.3. The molecule has 0 spiro atoms. The van der Waals surface area contributed by atoms with Crippen molar-refractivity contribution in [1.29, 1.82) is 0 Å². The number of methoxy groups -OCH3 is 1. The van der Waals surface area contributed by atoms with Gasteiger partial charge in [-0.1, -0.05) is 6.92 Å². The van der Waals surface area contributed by atoms with Crippen molar-refractivity contribution in [2.45, 2.75) is 45.6 Å². The third-order valence-electron chi connectivity index (χ3n) is 5.61. The number of benzene rings is 1. The Hall–Kier alpha value is -1.92. The molecule has 1 amide bonds. The lowest BCUT2D eigenvalue weighted by Crippen LogP contribution is -2.58. The molecule has 0 radical (unpaired) electrons. The Kier molecular flexibility index (Phi) is 8.45. The maximum atomic E-state index is 12.2. The van der Waals surface area contributed by atoms with Crippen LogP contribution in [0, 0.1) is 0 Å². The minimum atomic E-state index is -0.0611. The number of ketones is 1. The molecule has 1 aromatic rings. The first-order valence-electron chi connectivity index (χ1n) is 10.3. The lowest BCUT2D eigenvalue weighted by Gasteiger charge is -2.44. The Bertz CT molecular complexity index is 635. The number of carbonyl (C=O) groups is 2. The molecule has 0 atom stereocenters. The molecule has 1 N–H and O–H groups in total. The van der Waals surface area contributed by atoms with Gasteiger partial charge in [0.1, 0.15) is 5.75 Å². The lowest BCUT2D eigenvalue weighted by atomic mass is 10.0. The third-order valence-corrected chi connectivity index (χ3v) is 5.61. The summed E-state index contributed by atoms with van der Waals surface area (Å²) in [7, 11) is 1.60. The number of ether oxygens (including phenoxy) is 1. The molecule has 0 aliphatic carbocycles. The molecular weight excluding hydrogens is 354 g/mol. The van der Waals surface area contributed by atoms with Gasteiger partial charge in [0.05, 0.1) is 7.11 Å². The van der Waals surface area contributed by atoms with Gasteiger partial charge in [0, 0.05) is 56.7 Å². The quantitative estimate of drug-likeness (QED) is 0.623. The van der Waals surface area contributed by atoms with Crippen molar-refractivity contribution in [2.24, 2.45) is 0 Å². The van der Waals surface area contributed by atoms with E-state index in [9.17, 15) is 9.59 Å². The third kappa shape index (κ3) is 6.60. The van der Waals surface area contributed by atoms with E-state index in [2.05, 4.69) is 35.9 Å². The molecule has 1 aliphatic heterocycles. The number of amides is 1. The first kappa shape index (κ1) is 22.4. The van der Waals surface area contributed by atoms with Crippen LogP contribution in [0.2, 0.25) is 0 Å². The summed E-state index contributed by atoms with van der Waals surface area (Å²) in [5.74, 6) is 0.807. The maximum absolute atomic E-state index is 12.2. The van der Waals surface area contributed by atoms with Crippen LogP contribution in [-0.2, 0) is 4.79 Å². The van der Waals surface area contributed by atoms with Crippen LogP contribution in [0.1, 0.15) is 50.4 Å². The van der Waals surface area contributed by atoms with Crippen molar-refractivity contribution in [2.75, 3.05) is 46.4 Å². The fraction of sp³-hybridized carbons (Fsp3) is 0.636. The highest BCUT2D eigenvalue weighted by Crippen LogP contribution is 2.17. The molecule has 0 unspecified atom stereocenters. The second-order valence-electron chi connectivity index (χ2n) is 8.02. The molecule has 1 aliphatic rings. The summed E-state index contributed by atoms with van der Waals surface area (Å²) in [6, 6.07) is 7.09. The molecule has 1 aromatic carbocycles. The van der Waals surface area contributed by atoms with E-state index >= 15 is 0 Å². The van der Waals surface area contributed by atoms with Gasteiger partial charge < -0.3 is 15.0 Å². The Balaban J connectivity index is 1.68. The molecule has 0 bridgehead atoms. The highest BCUT2D eigenvalue weighted by atomic mass is 16.5. The van der Waals surface area contributed by atoms with Crippen LogP contribution in [0.5, 0.6) is 5.75 Å². The molecule has 156 valence electrons. The van der Waals surface area contributed by atoms with Crippen LogP contribution in [0.25, 0.3) is 0 Å². The van der Waals surface area contributed by atoms with E-state index in [1.165, 1.54) is 0 Å². The fourth-order valence-corrected chi connectivity index (χ4v) is 3.52. The fourth-order valence-electron chi connectivity index (χ4n) is 3.52. The Labute approximate surface area is 169 Å². The van der Waals surface area contributed by atoms with Gasteiger partial charge in [0.25, 0.3) is 0 Å². The van der Waals surface area contributed by atoms with Gasteiger partial charge in [0.15, 0.2) is 5.78 Å². The zero-order valence-corrected chi connectivity index (χ0v) is 17.8. The van der Waals surface area contributed by atoms with Crippen molar-refractivity contribution in [1.82, 2.24) is 15.1 Å². The van der Waals surface area contributed by atoms with E-state index in [-0.39, 0.29) is 17.2 Å². The second-order valence-corrected chi connectivity index (χ2v) is 8.02. The highest BCUT2D eigenvalue weighted by molar-refractivity contribution is 5.96. The topological polar surface area (TPSA) is 61.9 Å². The standard InChI is InChI=1S/C22H35N3O3/c1-5-24-13-15-25(16-14-24)22(2,3)17-23-21(27)8-6-7-20(26)18-9-11-19(28-4)12-10-18/h9-12H,5-8,13-17H2,1-4H3,(H,23,27). The Morgan fingerprint density at radius 3 is 2.29 bits per heavy atom. The molecule has 1 saturated heterocycles. The van der Waals surface area contributed by atoms with Crippen LogP contribution in [0.4, 0.5) is 0 Å². The summed E-state index contributed by atoms with van der Waals surface area (Å²) in [6.07, 6.45) is 1.32. The average Bonchev–Trinajstić information content (AvgIpc) is 2.72. The normalized spacial score (nSPS) is 16.0. The largest absolute Gasteiger partial charge is 0.497 e. The number of piperazine rings is 1. The predicted octanol–water partition coefficient (Wildman–Crippen LogP) is 2.58. The van der Waals surface area contributed by atoms with Gasteiger partial charge in [-0.3, -0.25) is 14.5 Å². The number of likely N-dealkylation sites (N-methyl/N-ethyl adjacent to an activating group) is 1. The van der Waals surface area contributed by atoms with E-state index < -0.39 is 0 Å². The van der Waals surface area contributed by atoms with Gasteiger partial charge in [-0.2, -0.15) is 0 Å². The van der Waals surface area contributed by atoms with E-state index in [0.717, 1.165) is 38.5 Å². The highest BCUT2D eigenvalue weighted by Gasteiger charge is 2.29. The Morgan fingerprint density at radius 2 is 1.71 bits per heavy atom. The summed E-state index contributed by atoms with van der Waals surface area (Å²) >= 11 is 0. The number of nitrogens with one attached hydrogen (secondary N) is 1. The van der Waals surface area contributed by atoms with E-state index in [1.807, 2.05) is 0 Å². The van der Waals surface area contributed by atoms with Gasteiger partial charge in [-0.25, -0.2) is 0 Å². The van der Waals surface area contributed by atoms with Gasteiger partial charge >= 0.3 is 0 Å². The smallest absolute Gasteiger partial charge is 0.220 e. The van der Waals surface area contributed by atoms with Gasteiger partial charge in [0.2, 0.25) is 5.91 Å². The summed E-state index contributed by atoms with van der Waals surface area (Å²) in [5, 5.41) is 3.05. The first-order valence-corrected chi connectivity index (χ1v) is 10.3. The molecular formula is C22H35N3O3. The van der Waals surface area contributed by atoms with Crippen molar-refractivity contribution in [3.63, 3.8) is 0 Å². The Morgan fingerprint density at radius 1 is 1.07 bits per heavy atom. The number of Topliss-reactive ketones (excluding diaryl/α,β-unsaturated/α-hetero) is 1. The maximum Gasteiger partial charge on any atom is 0.220 e. The molecule has 0 aromatic heterocycles. The monoisotopic (exact) mass is 389 g/mol. The number of carbonyl (C=O) groups excluding carboxylic acids is 2. The second kappa shape index (κ2) is 10.6. The van der Waals surface area contributed by atoms with E-state index in [1.54, 1.807) is 31.4 Å². The zero-order chi connectivity index (χ0) is 20.6. The van der Waals surface area contributed by atoms with Crippen LogP contribution in [0.15, 0.2) is 24.3 Å². The molecule has 0 saturated carbocycles. The van der Waals surface area contributed by atoms with Crippen LogP contribution >= 0.6 is 0 Å².